The Kier molecular flexibility index (Phi) is 3.91. The van der Waals surface area contributed by atoms with E-state index in [1.165, 1.54) is 0 Å². The van der Waals surface area contributed by atoms with Crippen LogP contribution in [0.25, 0.3) is 11.4 Å². The van der Waals surface area contributed by atoms with Gasteiger partial charge in [-0.1, -0.05) is 17.3 Å². The summed E-state index contributed by atoms with van der Waals surface area (Å²) < 4.78 is 10.1. The molecule has 1 heterocycles. The molecule has 6 nitrogen and oxygen atoms in total. The van der Waals surface area contributed by atoms with Gasteiger partial charge in [-0.3, -0.25) is 0 Å². The second-order valence-electron chi connectivity index (χ2n) is 3.78. The van der Waals surface area contributed by atoms with Crippen LogP contribution in [0, 0.1) is 0 Å². The van der Waals surface area contributed by atoms with E-state index in [2.05, 4.69) is 10.1 Å². The minimum Gasteiger partial charge on any atom is -0.497 e. The van der Waals surface area contributed by atoms with Gasteiger partial charge < -0.3 is 20.1 Å². The van der Waals surface area contributed by atoms with E-state index in [0.29, 0.717) is 24.5 Å². The quantitative estimate of drug-likeness (QED) is 0.824. The molecule has 0 aliphatic heterocycles. The lowest BCUT2D eigenvalue weighted by Gasteiger charge is -2.01. The van der Waals surface area contributed by atoms with Crippen LogP contribution in [0.2, 0.25) is 0 Å². The van der Waals surface area contributed by atoms with Gasteiger partial charge in [0.25, 0.3) is 5.89 Å². The molecular formula is C12H15N3O3. The second-order valence-corrected chi connectivity index (χ2v) is 3.78. The number of rotatable bonds is 5. The van der Waals surface area contributed by atoms with Gasteiger partial charge in [-0.2, -0.15) is 4.98 Å². The number of aliphatic hydroxyl groups is 1. The molecule has 18 heavy (non-hydrogen) atoms. The Morgan fingerprint density at radius 2 is 2.33 bits per heavy atom. The smallest absolute Gasteiger partial charge is 0.255 e. The van der Waals surface area contributed by atoms with Crippen LogP contribution in [-0.2, 0) is 0 Å². The first kappa shape index (κ1) is 12.5. The van der Waals surface area contributed by atoms with E-state index in [0.717, 1.165) is 5.56 Å². The highest BCUT2D eigenvalue weighted by Crippen LogP contribution is 2.23. The van der Waals surface area contributed by atoms with Crippen LogP contribution in [0.15, 0.2) is 28.8 Å². The first-order valence-corrected chi connectivity index (χ1v) is 5.60. The van der Waals surface area contributed by atoms with Crippen LogP contribution in [0.4, 0.5) is 0 Å². The Balaban J connectivity index is 2.23. The average molecular weight is 249 g/mol. The summed E-state index contributed by atoms with van der Waals surface area (Å²) in [5.74, 6) is 1.31. The standard InChI is InChI=1S/C12H15N3O3/c1-17-9-4-2-3-8(7-9)11-14-12(18-15-11)10(16)5-6-13/h2-4,7,10,16H,5-6,13H2,1H3/t10-/m0/s1. The van der Waals surface area contributed by atoms with Crippen LogP contribution in [0.5, 0.6) is 5.75 Å². The Hall–Kier alpha value is -1.92. The molecule has 0 spiro atoms. The minimum atomic E-state index is -0.818. The summed E-state index contributed by atoms with van der Waals surface area (Å²) in [5.41, 5.74) is 6.12. The number of aliphatic hydroxyl groups excluding tert-OH is 1. The largest absolute Gasteiger partial charge is 0.497 e. The number of hydrogen-bond acceptors (Lipinski definition) is 6. The van der Waals surface area contributed by atoms with Crippen molar-refractivity contribution in [2.75, 3.05) is 13.7 Å². The first-order chi connectivity index (χ1) is 8.74. The molecule has 0 radical (unpaired) electrons. The number of nitrogens with two attached hydrogens (primary N) is 1. The zero-order chi connectivity index (χ0) is 13.0. The van der Waals surface area contributed by atoms with Crippen molar-refractivity contribution in [1.82, 2.24) is 10.1 Å². The van der Waals surface area contributed by atoms with Gasteiger partial charge in [-0.15, -0.1) is 0 Å². The van der Waals surface area contributed by atoms with Gasteiger partial charge in [0.2, 0.25) is 5.82 Å². The molecule has 1 atom stereocenters. The van der Waals surface area contributed by atoms with Crippen molar-refractivity contribution < 1.29 is 14.4 Å². The van der Waals surface area contributed by atoms with Gasteiger partial charge in [0.05, 0.1) is 7.11 Å². The molecule has 0 aliphatic rings. The van der Waals surface area contributed by atoms with E-state index in [9.17, 15) is 5.11 Å². The highest BCUT2D eigenvalue weighted by Gasteiger charge is 2.16. The summed E-state index contributed by atoms with van der Waals surface area (Å²) in [6.07, 6.45) is -0.429. The molecule has 0 saturated carbocycles. The van der Waals surface area contributed by atoms with Crippen molar-refractivity contribution in [3.8, 4) is 17.1 Å². The lowest BCUT2D eigenvalue weighted by atomic mass is 10.2. The highest BCUT2D eigenvalue weighted by molar-refractivity contribution is 5.56. The summed E-state index contributed by atoms with van der Waals surface area (Å²) in [5, 5.41) is 13.5. The maximum atomic E-state index is 9.68. The van der Waals surface area contributed by atoms with Crippen molar-refractivity contribution in [3.05, 3.63) is 30.2 Å². The maximum absolute atomic E-state index is 9.68. The fourth-order valence-electron chi connectivity index (χ4n) is 1.53. The van der Waals surface area contributed by atoms with E-state index in [1.807, 2.05) is 18.2 Å². The normalized spacial score (nSPS) is 12.4. The summed E-state index contributed by atoms with van der Waals surface area (Å²) in [4.78, 5) is 4.14. The van der Waals surface area contributed by atoms with Gasteiger partial charge in [0.1, 0.15) is 11.9 Å². The van der Waals surface area contributed by atoms with E-state index >= 15 is 0 Å². The fourth-order valence-corrected chi connectivity index (χ4v) is 1.53. The third-order valence-corrected chi connectivity index (χ3v) is 2.49. The number of benzene rings is 1. The molecule has 6 heteroatoms. The third kappa shape index (κ3) is 2.66. The Labute approximate surface area is 104 Å². The van der Waals surface area contributed by atoms with E-state index in [1.54, 1.807) is 13.2 Å². The molecule has 96 valence electrons. The number of aromatic nitrogens is 2. The molecule has 1 aromatic carbocycles. The van der Waals surface area contributed by atoms with Crippen molar-refractivity contribution in [3.63, 3.8) is 0 Å². The topological polar surface area (TPSA) is 94.4 Å². The van der Waals surface area contributed by atoms with Crippen molar-refractivity contribution in [2.45, 2.75) is 12.5 Å². The predicted octanol–water partition coefficient (Wildman–Crippen LogP) is 1.13. The molecule has 0 aliphatic carbocycles. The van der Waals surface area contributed by atoms with E-state index in [-0.39, 0.29) is 5.89 Å². The van der Waals surface area contributed by atoms with Gasteiger partial charge in [-0.25, -0.2) is 0 Å². The summed E-state index contributed by atoms with van der Waals surface area (Å²) in [6.45, 7) is 0.359. The van der Waals surface area contributed by atoms with Crippen LogP contribution >= 0.6 is 0 Å². The molecule has 2 aromatic rings. The van der Waals surface area contributed by atoms with Crippen molar-refractivity contribution in [1.29, 1.82) is 0 Å². The summed E-state index contributed by atoms with van der Waals surface area (Å²) in [6, 6.07) is 7.30. The Morgan fingerprint density at radius 3 is 3.06 bits per heavy atom. The lowest BCUT2D eigenvalue weighted by molar-refractivity contribution is 0.127. The minimum absolute atomic E-state index is 0.179. The average Bonchev–Trinajstić information content (AvgIpc) is 2.89. The van der Waals surface area contributed by atoms with Crippen molar-refractivity contribution in [2.24, 2.45) is 5.73 Å². The predicted molar refractivity (Wildman–Crippen MR) is 64.9 cm³/mol. The number of nitrogens with zero attached hydrogens (tertiary/aromatic N) is 2. The summed E-state index contributed by atoms with van der Waals surface area (Å²) >= 11 is 0. The molecular weight excluding hydrogens is 234 g/mol. The number of hydrogen-bond donors (Lipinski definition) is 2. The van der Waals surface area contributed by atoms with Gasteiger partial charge in [0.15, 0.2) is 0 Å². The lowest BCUT2D eigenvalue weighted by Crippen LogP contribution is -2.06. The van der Waals surface area contributed by atoms with Crippen molar-refractivity contribution >= 4 is 0 Å². The second kappa shape index (κ2) is 5.61. The maximum Gasteiger partial charge on any atom is 0.255 e. The van der Waals surface area contributed by atoms with Crippen LogP contribution < -0.4 is 10.5 Å². The van der Waals surface area contributed by atoms with Crippen LogP contribution in [0.1, 0.15) is 18.4 Å². The van der Waals surface area contributed by atoms with E-state index < -0.39 is 6.10 Å². The zero-order valence-electron chi connectivity index (χ0n) is 10.0. The molecule has 3 N–H and O–H groups in total. The number of ether oxygens (including phenoxy) is 1. The monoisotopic (exact) mass is 249 g/mol. The summed E-state index contributed by atoms with van der Waals surface area (Å²) in [7, 11) is 1.59. The SMILES string of the molecule is COc1cccc(-c2noc([C@@H](O)CCN)n2)c1. The molecule has 0 saturated heterocycles. The molecule has 2 rings (SSSR count). The Morgan fingerprint density at radius 1 is 1.50 bits per heavy atom. The first-order valence-electron chi connectivity index (χ1n) is 5.60. The van der Waals surface area contributed by atoms with Crippen LogP contribution in [0.3, 0.4) is 0 Å². The fraction of sp³-hybridized carbons (Fsp3) is 0.333. The van der Waals surface area contributed by atoms with Crippen LogP contribution in [-0.4, -0.2) is 28.9 Å². The Bertz CT molecular complexity index is 513. The van der Waals surface area contributed by atoms with E-state index in [4.69, 9.17) is 15.0 Å². The third-order valence-electron chi connectivity index (χ3n) is 2.49. The zero-order valence-corrected chi connectivity index (χ0v) is 10.0. The molecule has 0 unspecified atom stereocenters. The highest BCUT2D eigenvalue weighted by atomic mass is 16.5. The molecule has 1 aromatic heterocycles. The van der Waals surface area contributed by atoms with Gasteiger partial charge in [-0.05, 0) is 25.1 Å². The van der Waals surface area contributed by atoms with Gasteiger partial charge >= 0.3 is 0 Å². The molecule has 0 amide bonds. The molecule has 0 bridgehead atoms. The molecule has 0 fully saturated rings. The van der Waals surface area contributed by atoms with Gasteiger partial charge in [0, 0.05) is 5.56 Å². The number of methoxy groups -OCH3 is 1.